The second-order valence-corrected chi connectivity index (χ2v) is 6.98. The molecule has 1 aliphatic rings. The van der Waals surface area contributed by atoms with Crippen LogP contribution in [0.25, 0.3) is 0 Å². The molecule has 1 aliphatic heterocycles. The van der Waals surface area contributed by atoms with Gasteiger partial charge in [0.1, 0.15) is 42.0 Å². The number of rotatable bonds is 8. The zero-order chi connectivity index (χ0) is 20.7. The Labute approximate surface area is 164 Å². The minimum absolute atomic E-state index is 0.0845. The summed E-state index contributed by atoms with van der Waals surface area (Å²) in [6.07, 6.45) is 4.41. The Kier molecular flexibility index (Phi) is 8.47. The molecule has 1 heterocycles. The van der Waals surface area contributed by atoms with Gasteiger partial charge < -0.3 is 35.4 Å². The van der Waals surface area contributed by atoms with Gasteiger partial charge in [0.25, 0.3) is 0 Å². The van der Waals surface area contributed by atoms with Crippen molar-refractivity contribution in [3.8, 4) is 11.5 Å². The molecule has 1 aromatic rings. The molecule has 1 aromatic carbocycles. The summed E-state index contributed by atoms with van der Waals surface area (Å²) in [5.74, 6) is -0.572. The van der Waals surface area contributed by atoms with E-state index in [2.05, 4.69) is 13.0 Å². The van der Waals surface area contributed by atoms with Crippen molar-refractivity contribution in [3.05, 3.63) is 47.6 Å². The maximum absolute atomic E-state index is 10.4. The number of hydrogen-bond donors (Lipinski definition) is 6. The van der Waals surface area contributed by atoms with Gasteiger partial charge in [0.15, 0.2) is 0 Å². The first-order valence-electron chi connectivity index (χ1n) is 9.57. The van der Waals surface area contributed by atoms with Crippen molar-refractivity contribution >= 4 is 0 Å². The topological polar surface area (TPSA) is 131 Å². The van der Waals surface area contributed by atoms with Crippen molar-refractivity contribution in [1.82, 2.24) is 0 Å². The fourth-order valence-corrected chi connectivity index (χ4v) is 3.22. The van der Waals surface area contributed by atoms with Crippen LogP contribution in [0.2, 0.25) is 0 Å². The molecule has 2 rings (SSSR count). The lowest BCUT2D eigenvalue weighted by atomic mass is 9.89. The third kappa shape index (κ3) is 5.33. The van der Waals surface area contributed by atoms with Crippen LogP contribution in [0.1, 0.15) is 43.4 Å². The van der Waals surface area contributed by atoms with E-state index in [0.29, 0.717) is 12.0 Å². The summed E-state index contributed by atoms with van der Waals surface area (Å²) < 4.78 is 5.41. The van der Waals surface area contributed by atoms with E-state index in [0.717, 1.165) is 19.3 Å². The highest BCUT2D eigenvalue weighted by atomic mass is 16.5. The largest absolute Gasteiger partial charge is 0.507 e. The van der Waals surface area contributed by atoms with Crippen molar-refractivity contribution in [1.29, 1.82) is 0 Å². The molecule has 1 saturated heterocycles. The summed E-state index contributed by atoms with van der Waals surface area (Å²) in [5.41, 5.74) is 0.615. The number of aliphatic hydroxyl groups is 4. The van der Waals surface area contributed by atoms with Gasteiger partial charge in [-0.2, -0.15) is 0 Å². The molecule has 0 unspecified atom stereocenters. The summed E-state index contributed by atoms with van der Waals surface area (Å²) in [4.78, 5) is 0. The van der Waals surface area contributed by atoms with Crippen molar-refractivity contribution < 1.29 is 35.4 Å². The van der Waals surface area contributed by atoms with Crippen molar-refractivity contribution in [3.63, 3.8) is 0 Å². The van der Waals surface area contributed by atoms with E-state index in [-0.39, 0.29) is 17.1 Å². The maximum atomic E-state index is 10.4. The van der Waals surface area contributed by atoms with Gasteiger partial charge in [0.05, 0.1) is 12.2 Å². The number of benzene rings is 1. The standard InChI is InChI=1S/C21H30O7/c1-2-3-4-5-6-7-8-9-13-10-14(23)17(15(24)11-13)21-20(27)19(26)18(25)16(12-22)28-21/h4-7,10-11,16,18-27H,2-3,8-9,12H2,1H3/b5-4+,7-6-/t16-,18-,19+,20-,21+/m1/s1. The Hall–Kier alpha value is -1.90. The molecule has 0 radical (unpaired) electrons. The third-order valence-corrected chi connectivity index (χ3v) is 4.81. The number of phenols is 2. The summed E-state index contributed by atoms with van der Waals surface area (Å²) in [6, 6.07) is 2.94. The van der Waals surface area contributed by atoms with Crippen LogP contribution in [0.5, 0.6) is 11.5 Å². The second kappa shape index (κ2) is 10.6. The van der Waals surface area contributed by atoms with Crippen LogP contribution < -0.4 is 0 Å². The monoisotopic (exact) mass is 394 g/mol. The number of ether oxygens (including phenoxy) is 1. The first kappa shape index (κ1) is 22.4. The SMILES string of the molecule is CCC/C=C/C=C\CCc1cc(O)c([C@@H]2O[C@H](CO)[C@@H](O)[C@H](O)[C@H]2O)c(O)c1. The average molecular weight is 394 g/mol. The van der Waals surface area contributed by atoms with Gasteiger partial charge in [0, 0.05) is 0 Å². The molecule has 0 spiro atoms. The van der Waals surface area contributed by atoms with Gasteiger partial charge in [-0.05, 0) is 37.0 Å². The lowest BCUT2D eigenvalue weighted by Gasteiger charge is -2.40. The number of unbranched alkanes of at least 4 members (excludes halogenated alkanes) is 1. The molecule has 156 valence electrons. The fourth-order valence-electron chi connectivity index (χ4n) is 3.22. The quantitative estimate of drug-likeness (QED) is 0.368. The Morgan fingerprint density at radius 2 is 1.54 bits per heavy atom. The number of aliphatic hydroxyl groups excluding tert-OH is 4. The van der Waals surface area contributed by atoms with Crippen LogP contribution in [0.15, 0.2) is 36.4 Å². The predicted molar refractivity (Wildman–Crippen MR) is 104 cm³/mol. The van der Waals surface area contributed by atoms with Crippen molar-refractivity contribution in [2.45, 2.75) is 63.1 Å². The Bertz CT molecular complexity index is 660. The van der Waals surface area contributed by atoms with Crippen LogP contribution >= 0.6 is 0 Å². The molecule has 0 bridgehead atoms. The minimum Gasteiger partial charge on any atom is -0.507 e. The van der Waals surface area contributed by atoms with E-state index in [9.17, 15) is 30.6 Å². The summed E-state index contributed by atoms with van der Waals surface area (Å²) in [7, 11) is 0. The van der Waals surface area contributed by atoms with E-state index in [1.165, 1.54) is 12.1 Å². The van der Waals surface area contributed by atoms with Crippen LogP contribution in [0.3, 0.4) is 0 Å². The van der Waals surface area contributed by atoms with Crippen LogP contribution in [-0.2, 0) is 11.2 Å². The minimum atomic E-state index is -1.58. The molecule has 5 atom stereocenters. The Morgan fingerprint density at radius 3 is 2.11 bits per heavy atom. The zero-order valence-electron chi connectivity index (χ0n) is 16.0. The van der Waals surface area contributed by atoms with E-state index < -0.39 is 37.1 Å². The molecular formula is C21H30O7. The van der Waals surface area contributed by atoms with Crippen LogP contribution in [0, 0.1) is 0 Å². The van der Waals surface area contributed by atoms with Crippen LogP contribution in [0.4, 0.5) is 0 Å². The molecule has 28 heavy (non-hydrogen) atoms. The first-order chi connectivity index (χ1) is 13.4. The molecule has 0 aliphatic carbocycles. The summed E-state index contributed by atoms with van der Waals surface area (Å²) >= 11 is 0. The molecule has 1 fully saturated rings. The summed E-state index contributed by atoms with van der Waals surface area (Å²) in [5, 5.41) is 60.0. The summed E-state index contributed by atoms with van der Waals surface area (Å²) in [6.45, 7) is 1.53. The average Bonchev–Trinajstić information content (AvgIpc) is 2.66. The number of aromatic hydroxyl groups is 2. The number of phenolic OH excluding ortho intramolecular Hbond substituents is 2. The van der Waals surface area contributed by atoms with Gasteiger partial charge in [-0.25, -0.2) is 0 Å². The molecule has 6 N–H and O–H groups in total. The van der Waals surface area contributed by atoms with Gasteiger partial charge in [-0.3, -0.25) is 0 Å². The van der Waals surface area contributed by atoms with Crippen molar-refractivity contribution in [2.75, 3.05) is 6.61 Å². The highest BCUT2D eigenvalue weighted by Crippen LogP contribution is 2.42. The van der Waals surface area contributed by atoms with E-state index >= 15 is 0 Å². The highest BCUT2D eigenvalue weighted by molar-refractivity contribution is 5.49. The molecule has 0 amide bonds. The number of aryl methyl sites for hydroxylation is 1. The van der Waals surface area contributed by atoms with Gasteiger partial charge in [-0.15, -0.1) is 0 Å². The van der Waals surface area contributed by atoms with E-state index in [4.69, 9.17) is 4.74 Å². The van der Waals surface area contributed by atoms with E-state index in [1.807, 2.05) is 18.2 Å². The molecule has 0 saturated carbocycles. The van der Waals surface area contributed by atoms with E-state index in [1.54, 1.807) is 0 Å². The Morgan fingerprint density at radius 1 is 0.929 bits per heavy atom. The smallest absolute Gasteiger partial charge is 0.125 e. The molecule has 7 nitrogen and oxygen atoms in total. The van der Waals surface area contributed by atoms with Gasteiger partial charge >= 0.3 is 0 Å². The van der Waals surface area contributed by atoms with Gasteiger partial charge in [-0.1, -0.05) is 37.6 Å². The lowest BCUT2D eigenvalue weighted by molar-refractivity contribution is -0.232. The number of allylic oxidation sites excluding steroid dienone is 4. The normalized spacial score (nSPS) is 28.4. The molecule has 7 heteroatoms. The molecular weight excluding hydrogens is 364 g/mol. The van der Waals surface area contributed by atoms with Crippen molar-refractivity contribution in [2.24, 2.45) is 0 Å². The van der Waals surface area contributed by atoms with Crippen LogP contribution in [-0.4, -0.2) is 61.7 Å². The second-order valence-electron chi connectivity index (χ2n) is 6.98. The highest BCUT2D eigenvalue weighted by Gasteiger charge is 2.45. The fraction of sp³-hybridized carbons (Fsp3) is 0.524. The lowest BCUT2D eigenvalue weighted by Crippen LogP contribution is -2.55. The number of hydrogen-bond acceptors (Lipinski definition) is 7. The Balaban J connectivity index is 2.11. The predicted octanol–water partition coefficient (Wildman–Crippen LogP) is 1.46. The zero-order valence-corrected chi connectivity index (χ0v) is 16.0. The first-order valence-corrected chi connectivity index (χ1v) is 9.57. The van der Waals surface area contributed by atoms with Gasteiger partial charge in [0.2, 0.25) is 0 Å². The third-order valence-electron chi connectivity index (χ3n) is 4.81. The molecule has 0 aromatic heterocycles. The maximum Gasteiger partial charge on any atom is 0.125 e.